The fraction of sp³-hybridized carbons (Fsp3) is 0.263. The maximum absolute atomic E-state index is 12.1. The van der Waals surface area contributed by atoms with Crippen molar-refractivity contribution in [2.24, 2.45) is 0 Å². The highest BCUT2D eigenvalue weighted by molar-refractivity contribution is 6.41. The van der Waals surface area contributed by atoms with Gasteiger partial charge in [0.1, 0.15) is 12.6 Å². The van der Waals surface area contributed by atoms with E-state index >= 15 is 0 Å². The van der Waals surface area contributed by atoms with Crippen molar-refractivity contribution >= 4 is 19.2 Å². The van der Waals surface area contributed by atoms with Crippen LogP contribution < -0.4 is 5.32 Å². The van der Waals surface area contributed by atoms with E-state index in [4.69, 9.17) is 14.8 Å². The van der Waals surface area contributed by atoms with Gasteiger partial charge in [0.15, 0.2) is 0 Å². The highest BCUT2D eigenvalue weighted by atomic mass is 16.6. The molecule has 2 aromatic carbocycles. The fourth-order valence-corrected chi connectivity index (χ4v) is 3.35. The summed E-state index contributed by atoms with van der Waals surface area (Å²) in [4.78, 5) is 23.8. The number of methoxy groups -OCH3 is 1. The van der Waals surface area contributed by atoms with Crippen molar-refractivity contribution < 1.29 is 29.1 Å². The Kier molecular flexibility index (Phi) is 5.78. The number of ether oxygens (including phenoxy) is 2. The topological polar surface area (TPSA) is 105 Å². The van der Waals surface area contributed by atoms with Gasteiger partial charge < -0.3 is 24.8 Å². The normalized spacial score (nSPS) is 13.3. The molecule has 0 saturated carbocycles. The van der Waals surface area contributed by atoms with Crippen molar-refractivity contribution in [1.29, 1.82) is 0 Å². The van der Waals surface area contributed by atoms with Crippen LogP contribution in [0.2, 0.25) is 6.32 Å². The number of rotatable bonds is 6. The van der Waals surface area contributed by atoms with Crippen molar-refractivity contribution in [2.75, 3.05) is 13.7 Å². The van der Waals surface area contributed by atoms with E-state index in [-0.39, 0.29) is 12.5 Å². The van der Waals surface area contributed by atoms with Gasteiger partial charge in [-0.05, 0) is 22.3 Å². The van der Waals surface area contributed by atoms with Gasteiger partial charge in [0.25, 0.3) is 0 Å². The second-order valence-corrected chi connectivity index (χ2v) is 6.26. The van der Waals surface area contributed by atoms with Crippen LogP contribution in [0.5, 0.6) is 0 Å². The highest BCUT2D eigenvalue weighted by Gasteiger charge is 2.30. The molecule has 1 atom stereocenters. The van der Waals surface area contributed by atoms with E-state index in [1.807, 2.05) is 48.5 Å². The molecule has 27 heavy (non-hydrogen) atoms. The van der Waals surface area contributed by atoms with Crippen LogP contribution in [-0.4, -0.2) is 49.0 Å². The van der Waals surface area contributed by atoms with E-state index in [0.717, 1.165) is 29.4 Å². The van der Waals surface area contributed by atoms with Gasteiger partial charge in [-0.25, -0.2) is 9.59 Å². The molecule has 0 spiro atoms. The minimum absolute atomic E-state index is 0.0927. The summed E-state index contributed by atoms with van der Waals surface area (Å²) in [6, 6.07) is 14.7. The van der Waals surface area contributed by atoms with Gasteiger partial charge in [0.2, 0.25) is 0 Å². The molecule has 7 nitrogen and oxygen atoms in total. The zero-order valence-corrected chi connectivity index (χ0v) is 14.8. The number of benzene rings is 2. The van der Waals surface area contributed by atoms with Crippen LogP contribution in [0, 0.1) is 0 Å². The first-order valence-corrected chi connectivity index (χ1v) is 8.56. The van der Waals surface area contributed by atoms with Crippen molar-refractivity contribution in [2.45, 2.75) is 18.3 Å². The second-order valence-electron chi connectivity index (χ2n) is 6.26. The third-order valence-corrected chi connectivity index (χ3v) is 4.57. The first-order valence-electron chi connectivity index (χ1n) is 8.56. The Labute approximate surface area is 157 Å². The van der Waals surface area contributed by atoms with E-state index in [9.17, 15) is 9.59 Å². The molecule has 3 rings (SSSR count). The zero-order valence-electron chi connectivity index (χ0n) is 14.8. The minimum atomic E-state index is -1.76. The third-order valence-electron chi connectivity index (χ3n) is 4.57. The van der Waals surface area contributed by atoms with Crippen LogP contribution in [0.3, 0.4) is 0 Å². The Morgan fingerprint density at radius 1 is 1.07 bits per heavy atom. The van der Waals surface area contributed by atoms with Crippen LogP contribution in [-0.2, 0) is 14.3 Å². The molecule has 1 aliphatic rings. The monoisotopic (exact) mass is 369 g/mol. The molecular weight excluding hydrogens is 349 g/mol. The lowest BCUT2D eigenvalue weighted by atomic mass is 9.82. The number of fused-ring (bicyclic) bond motifs is 3. The van der Waals surface area contributed by atoms with Crippen LogP contribution in [0.4, 0.5) is 4.79 Å². The SMILES string of the molecule is COC(=O)C(CB(O)O)NC(=O)OCC1c2ccccc2-c2ccccc21. The second kappa shape index (κ2) is 8.24. The van der Waals surface area contributed by atoms with E-state index in [1.54, 1.807) is 0 Å². The summed E-state index contributed by atoms with van der Waals surface area (Å²) in [7, 11) is -0.610. The molecule has 8 heteroatoms. The molecule has 0 fully saturated rings. The maximum atomic E-state index is 12.1. The summed E-state index contributed by atoms with van der Waals surface area (Å²) >= 11 is 0. The van der Waals surface area contributed by atoms with Crippen LogP contribution in [0.1, 0.15) is 17.0 Å². The van der Waals surface area contributed by atoms with Gasteiger partial charge in [-0.2, -0.15) is 0 Å². The minimum Gasteiger partial charge on any atom is -0.468 e. The average molecular weight is 369 g/mol. The quantitative estimate of drug-likeness (QED) is 0.527. The lowest BCUT2D eigenvalue weighted by Gasteiger charge is -2.18. The predicted molar refractivity (Wildman–Crippen MR) is 99.0 cm³/mol. The van der Waals surface area contributed by atoms with Crippen molar-refractivity contribution in [1.82, 2.24) is 5.32 Å². The lowest BCUT2D eigenvalue weighted by molar-refractivity contribution is -0.142. The summed E-state index contributed by atoms with van der Waals surface area (Å²) < 4.78 is 9.88. The Hall–Kier alpha value is -2.84. The standard InChI is InChI=1S/C19H20BNO6/c1-26-18(22)17(10-20(24)25)21-19(23)27-11-16-14-8-4-2-6-12(14)13-7-3-5-9-15(13)16/h2-9,16-17,24-25H,10-11H2,1H3,(H,21,23). The molecule has 1 unspecified atom stereocenters. The number of hydrogen-bond acceptors (Lipinski definition) is 6. The third kappa shape index (κ3) is 4.12. The number of carbonyl (C=O) groups is 2. The highest BCUT2D eigenvalue weighted by Crippen LogP contribution is 2.44. The number of amides is 1. The van der Waals surface area contributed by atoms with Crippen LogP contribution >= 0.6 is 0 Å². The summed E-state index contributed by atoms with van der Waals surface area (Å²) in [5, 5.41) is 20.4. The van der Waals surface area contributed by atoms with Gasteiger partial charge in [-0.15, -0.1) is 0 Å². The molecule has 0 saturated heterocycles. The van der Waals surface area contributed by atoms with Crippen molar-refractivity contribution in [3.63, 3.8) is 0 Å². The molecule has 0 heterocycles. The zero-order chi connectivity index (χ0) is 19.4. The molecule has 1 aliphatic carbocycles. The number of alkyl carbamates (subject to hydrolysis) is 1. The summed E-state index contributed by atoms with van der Waals surface area (Å²) in [6.07, 6.45) is -1.22. The molecule has 0 bridgehead atoms. The molecule has 0 aromatic heterocycles. The Bertz CT molecular complexity index is 795. The molecule has 1 amide bonds. The molecular formula is C19H20BNO6. The molecule has 0 aliphatic heterocycles. The summed E-state index contributed by atoms with van der Waals surface area (Å²) in [5.74, 6) is -0.889. The van der Waals surface area contributed by atoms with E-state index in [0.29, 0.717) is 0 Å². The predicted octanol–water partition coefficient (Wildman–Crippen LogP) is 1.54. The molecule has 140 valence electrons. The maximum Gasteiger partial charge on any atom is 0.454 e. The largest absolute Gasteiger partial charge is 0.468 e. The lowest BCUT2D eigenvalue weighted by Crippen LogP contribution is -2.44. The summed E-state index contributed by atoms with van der Waals surface area (Å²) in [5.41, 5.74) is 4.36. The van der Waals surface area contributed by atoms with Crippen molar-refractivity contribution in [3.05, 3.63) is 59.7 Å². The van der Waals surface area contributed by atoms with Gasteiger partial charge in [-0.3, -0.25) is 0 Å². The van der Waals surface area contributed by atoms with Crippen LogP contribution in [0.15, 0.2) is 48.5 Å². The Balaban J connectivity index is 1.69. The number of hydrogen-bond donors (Lipinski definition) is 3. The number of carbonyl (C=O) groups excluding carboxylic acids is 2. The van der Waals surface area contributed by atoms with Gasteiger partial charge >= 0.3 is 19.2 Å². The number of esters is 1. The number of nitrogens with one attached hydrogen (secondary N) is 1. The smallest absolute Gasteiger partial charge is 0.454 e. The fourth-order valence-electron chi connectivity index (χ4n) is 3.35. The van der Waals surface area contributed by atoms with Crippen LogP contribution in [0.25, 0.3) is 11.1 Å². The molecule has 0 radical (unpaired) electrons. The summed E-state index contributed by atoms with van der Waals surface area (Å²) in [6.45, 7) is 0.0927. The molecule has 3 N–H and O–H groups in total. The molecule has 2 aromatic rings. The van der Waals surface area contributed by atoms with Gasteiger partial charge in [-0.1, -0.05) is 48.5 Å². The van der Waals surface area contributed by atoms with E-state index in [2.05, 4.69) is 10.1 Å². The van der Waals surface area contributed by atoms with Crippen molar-refractivity contribution in [3.8, 4) is 11.1 Å². The average Bonchev–Trinajstić information content (AvgIpc) is 2.99. The first kappa shape index (κ1) is 18.9. The Morgan fingerprint density at radius 2 is 1.63 bits per heavy atom. The first-order chi connectivity index (χ1) is 13.0. The van der Waals surface area contributed by atoms with Gasteiger partial charge in [0.05, 0.1) is 7.11 Å². The van der Waals surface area contributed by atoms with E-state index < -0.39 is 31.5 Å². The van der Waals surface area contributed by atoms with E-state index in [1.165, 1.54) is 0 Å². The Morgan fingerprint density at radius 3 is 2.15 bits per heavy atom. The van der Waals surface area contributed by atoms with Gasteiger partial charge in [0, 0.05) is 12.2 Å².